The van der Waals surface area contributed by atoms with Gasteiger partial charge in [-0.05, 0) is 74.0 Å². The third-order valence-corrected chi connectivity index (χ3v) is 7.46. The van der Waals surface area contributed by atoms with Gasteiger partial charge in [-0.3, -0.25) is 14.4 Å². The molecule has 0 saturated heterocycles. The second-order valence-corrected chi connectivity index (χ2v) is 11.0. The van der Waals surface area contributed by atoms with Crippen LogP contribution in [-0.2, 0) is 9.59 Å². The van der Waals surface area contributed by atoms with E-state index < -0.39 is 5.91 Å². The van der Waals surface area contributed by atoms with Crippen molar-refractivity contribution in [3.63, 3.8) is 0 Å². The third-order valence-electron chi connectivity index (χ3n) is 6.35. The van der Waals surface area contributed by atoms with Crippen molar-refractivity contribution in [1.82, 2.24) is 5.32 Å². The number of nitrogens with one attached hydrogen (secondary N) is 3. The Bertz CT molecular complexity index is 1620. The molecular weight excluding hydrogens is 550 g/mol. The zero-order valence-electron chi connectivity index (χ0n) is 23.0. The van der Waals surface area contributed by atoms with Crippen molar-refractivity contribution in [2.45, 2.75) is 24.0 Å². The summed E-state index contributed by atoms with van der Waals surface area (Å²) in [5, 5.41) is 8.12. The van der Waals surface area contributed by atoms with Crippen LogP contribution >= 0.6 is 11.8 Å². The molecule has 1 heterocycles. The Morgan fingerprint density at radius 2 is 1.50 bits per heavy atom. The standard InChI is InChI=1S/C33H29N3O5S/c1-21-8-10-23(11-9-21)18-28(36-32(38)24-6-4-3-5-7-24)33(39)34-25-12-15-27(16-13-25)42-22(2)31(37)35-26-14-17-29-30(19-26)41-20-40-29/h3-19,22H,20H2,1-2H3,(H,34,39)(H,35,37)(H,36,38)/b28-18-. The molecule has 1 aliphatic rings. The molecule has 0 aromatic heterocycles. The molecule has 1 unspecified atom stereocenters. The number of carbonyl (C=O) groups is 3. The molecule has 0 aliphatic carbocycles. The number of ether oxygens (including phenoxy) is 2. The van der Waals surface area contributed by atoms with Crippen LogP contribution in [0.25, 0.3) is 6.08 Å². The molecule has 42 heavy (non-hydrogen) atoms. The average Bonchev–Trinajstić information content (AvgIpc) is 3.47. The number of rotatable bonds is 9. The van der Waals surface area contributed by atoms with E-state index in [0.717, 1.165) is 16.0 Å². The van der Waals surface area contributed by atoms with Crippen molar-refractivity contribution < 1.29 is 23.9 Å². The Balaban J connectivity index is 1.22. The minimum Gasteiger partial charge on any atom is -0.454 e. The van der Waals surface area contributed by atoms with Crippen molar-refractivity contribution in [3.8, 4) is 11.5 Å². The molecule has 9 heteroatoms. The fourth-order valence-electron chi connectivity index (χ4n) is 4.06. The first-order valence-corrected chi connectivity index (χ1v) is 14.2. The number of carbonyl (C=O) groups excluding carboxylic acids is 3. The molecule has 1 atom stereocenters. The van der Waals surface area contributed by atoms with Crippen LogP contribution < -0.4 is 25.4 Å². The summed E-state index contributed by atoms with van der Waals surface area (Å²) in [6.07, 6.45) is 1.64. The van der Waals surface area contributed by atoms with E-state index in [1.807, 2.05) is 56.3 Å². The zero-order chi connectivity index (χ0) is 29.5. The molecule has 1 aliphatic heterocycles. The van der Waals surface area contributed by atoms with Crippen LogP contribution in [0.3, 0.4) is 0 Å². The molecule has 0 radical (unpaired) electrons. The summed E-state index contributed by atoms with van der Waals surface area (Å²) >= 11 is 1.39. The van der Waals surface area contributed by atoms with Crippen LogP contribution in [0, 0.1) is 6.92 Å². The van der Waals surface area contributed by atoms with E-state index in [-0.39, 0.29) is 29.6 Å². The van der Waals surface area contributed by atoms with Gasteiger partial charge < -0.3 is 25.4 Å². The van der Waals surface area contributed by atoms with E-state index >= 15 is 0 Å². The lowest BCUT2D eigenvalue weighted by Gasteiger charge is -2.14. The van der Waals surface area contributed by atoms with Crippen LogP contribution in [0.4, 0.5) is 11.4 Å². The van der Waals surface area contributed by atoms with E-state index in [1.54, 1.807) is 60.7 Å². The van der Waals surface area contributed by atoms with Crippen LogP contribution in [0.15, 0.2) is 108 Å². The van der Waals surface area contributed by atoms with Gasteiger partial charge in [-0.2, -0.15) is 0 Å². The SMILES string of the molecule is Cc1ccc(/C=C(\NC(=O)c2ccccc2)C(=O)Nc2ccc(SC(C)C(=O)Nc3ccc4c(c3)OCO4)cc2)cc1. The van der Waals surface area contributed by atoms with Gasteiger partial charge in [0.2, 0.25) is 12.7 Å². The molecule has 0 bridgehead atoms. The number of benzene rings is 4. The van der Waals surface area contributed by atoms with Gasteiger partial charge in [-0.15, -0.1) is 11.8 Å². The number of amides is 3. The highest BCUT2D eigenvalue weighted by Gasteiger charge is 2.19. The lowest BCUT2D eigenvalue weighted by atomic mass is 10.1. The topological polar surface area (TPSA) is 106 Å². The van der Waals surface area contributed by atoms with E-state index in [0.29, 0.717) is 28.4 Å². The number of aryl methyl sites for hydroxylation is 1. The number of fused-ring (bicyclic) bond motifs is 1. The van der Waals surface area contributed by atoms with Gasteiger partial charge in [0.25, 0.3) is 11.8 Å². The highest BCUT2D eigenvalue weighted by molar-refractivity contribution is 8.00. The van der Waals surface area contributed by atoms with Crippen molar-refractivity contribution in [2.24, 2.45) is 0 Å². The van der Waals surface area contributed by atoms with Gasteiger partial charge in [0.15, 0.2) is 11.5 Å². The van der Waals surface area contributed by atoms with Crippen molar-refractivity contribution in [1.29, 1.82) is 0 Å². The molecule has 3 N–H and O–H groups in total. The Morgan fingerprint density at radius 1 is 0.810 bits per heavy atom. The lowest BCUT2D eigenvalue weighted by Crippen LogP contribution is -2.30. The molecule has 3 amide bonds. The summed E-state index contributed by atoms with van der Waals surface area (Å²) in [5.74, 6) is 0.248. The van der Waals surface area contributed by atoms with Gasteiger partial charge in [0.1, 0.15) is 5.70 Å². The average molecular weight is 580 g/mol. The first-order chi connectivity index (χ1) is 20.3. The predicted molar refractivity (Wildman–Crippen MR) is 165 cm³/mol. The van der Waals surface area contributed by atoms with Gasteiger partial charge >= 0.3 is 0 Å². The molecule has 4 aromatic carbocycles. The lowest BCUT2D eigenvalue weighted by molar-refractivity contribution is -0.115. The first-order valence-electron chi connectivity index (χ1n) is 13.3. The molecule has 0 fully saturated rings. The predicted octanol–water partition coefficient (Wildman–Crippen LogP) is 6.25. The minimum absolute atomic E-state index is 0.111. The van der Waals surface area contributed by atoms with Crippen LogP contribution in [0.1, 0.15) is 28.4 Å². The molecule has 5 rings (SSSR count). The third kappa shape index (κ3) is 7.38. The fraction of sp³-hybridized carbons (Fsp3) is 0.121. The van der Waals surface area contributed by atoms with E-state index in [4.69, 9.17) is 9.47 Å². The fourth-order valence-corrected chi connectivity index (χ4v) is 4.93. The maximum atomic E-state index is 13.3. The monoisotopic (exact) mass is 579 g/mol. The summed E-state index contributed by atoms with van der Waals surface area (Å²) in [5.41, 5.74) is 3.59. The smallest absolute Gasteiger partial charge is 0.272 e. The zero-order valence-corrected chi connectivity index (χ0v) is 23.9. The Labute approximate surface area is 248 Å². The maximum absolute atomic E-state index is 13.3. The molecular formula is C33H29N3O5S. The highest BCUT2D eigenvalue weighted by atomic mass is 32.2. The summed E-state index contributed by atoms with van der Waals surface area (Å²) in [6, 6.07) is 28.8. The first kappa shape index (κ1) is 28.5. The van der Waals surface area contributed by atoms with Crippen molar-refractivity contribution in [3.05, 3.63) is 119 Å². The van der Waals surface area contributed by atoms with Crippen LogP contribution in [0.2, 0.25) is 0 Å². The van der Waals surface area contributed by atoms with E-state index in [1.165, 1.54) is 11.8 Å². The molecule has 4 aromatic rings. The summed E-state index contributed by atoms with van der Waals surface area (Å²) in [6.45, 7) is 3.97. The molecule has 212 valence electrons. The summed E-state index contributed by atoms with van der Waals surface area (Å²) < 4.78 is 10.7. The van der Waals surface area contributed by atoms with Gasteiger partial charge in [0.05, 0.1) is 5.25 Å². The van der Waals surface area contributed by atoms with Crippen LogP contribution in [0.5, 0.6) is 11.5 Å². The van der Waals surface area contributed by atoms with Crippen molar-refractivity contribution in [2.75, 3.05) is 17.4 Å². The summed E-state index contributed by atoms with van der Waals surface area (Å²) in [4.78, 5) is 39.7. The summed E-state index contributed by atoms with van der Waals surface area (Å²) in [7, 11) is 0. The van der Waals surface area contributed by atoms with Gasteiger partial charge in [-0.1, -0.05) is 48.0 Å². The minimum atomic E-state index is -0.461. The maximum Gasteiger partial charge on any atom is 0.272 e. The van der Waals surface area contributed by atoms with Gasteiger partial charge in [0, 0.05) is 27.9 Å². The molecule has 0 saturated carbocycles. The van der Waals surface area contributed by atoms with E-state index in [9.17, 15) is 14.4 Å². The second-order valence-electron chi connectivity index (χ2n) is 9.58. The largest absolute Gasteiger partial charge is 0.454 e. The molecule has 8 nitrogen and oxygen atoms in total. The Kier molecular flexibility index (Phi) is 8.89. The second kappa shape index (κ2) is 13.1. The van der Waals surface area contributed by atoms with Crippen LogP contribution in [-0.4, -0.2) is 29.8 Å². The quantitative estimate of drug-likeness (QED) is 0.160. The Hall–Kier alpha value is -5.02. The number of thioether (sulfide) groups is 1. The molecule has 0 spiro atoms. The van der Waals surface area contributed by atoms with Gasteiger partial charge in [-0.25, -0.2) is 0 Å². The normalized spacial score (nSPS) is 12.8. The number of hydrogen-bond donors (Lipinski definition) is 3. The number of hydrogen-bond acceptors (Lipinski definition) is 6. The van der Waals surface area contributed by atoms with E-state index in [2.05, 4.69) is 16.0 Å². The van der Waals surface area contributed by atoms with Crippen molar-refractivity contribution >= 4 is 46.9 Å². The number of anilines is 2. The Morgan fingerprint density at radius 3 is 2.24 bits per heavy atom. The highest BCUT2D eigenvalue weighted by Crippen LogP contribution is 2.34.